The molecule has 1 amide bonds. The maximum atomic E-state index is 12.1. The third-order valence-corrected chi connectivity index (χ3v) is 2.78. The molecule has 1 aromatic heterocycles. The summed E-state index contributed by atoms with van der Waals surface area (Å²) in [5.74, 6) is 0.409. The molecule has 0 aliphatic heterocycles. The molecule has 19 heavy (non-hydrogen) atoms. The van der Waals surface area contributed by atoms with Crippen LogP contribution in [0.5, 0.6) is 0 Å². The molecule has 0 saturated heterocycles. The SMILES string of the molecule is Cc1ccnc(NC(=O)c2cccc(CCN)c2)c1. The van der Waals surface area contributed by atoms with Crippen molar-refractivity contribution in [3.8, 4) is 0 Å². The number of hydrogen-bond acceptors (Lipinski definition) is 3. The van der Waals surface area contributed by atoms with Crippen LogP contribution in [0.15, 0.2) is 42.6 Å². The van der Waals surface area contributed by atoms with Crippen molar-refractivity contribution in [3.05, 3.63) is 59.3 Å². The second-order valence-electron chi connectivity index (χ2n) is 4.41. The minimum atomic E-state index is -0.156. The maximum absolute atomic E-state index is 12.1. The molecule has 0 unspecified atom stereocenters. The quantitative estimate of drug-likeness (QED) is 0.879. The summed E-state index contributed by atoms with van der Waals surface area (Å²) in [4.78, 5) is 16.2. The molecule has 0 spiro atoms. The lowest BCUT2D eigenvalue weighted by molar-refractivity contribution is 0.102. The van der Waals surface area contributed by atoms with Gasteiger partial charge in [0, 0.05) is 11.8 Å². The molecular formula is C15H17N3O. The number of amides is 1. The fourth-order valence-electron chi connectivity index (χ4n) is 1.83. The van der Waals surface area contributed by atoms with E-state index < -0.39 is 0 Å². The molecule has 0 bridgehead atoms. The molecule has 3 N–H and O–H groups in total. The fraction of sp³-hybridized carbons (Fsp3) is 0.200. The monoisotopic (exact) mass is 255 g/mol. The number of anilines is 1. The highest BCUT2D eigenvalue weighted by Crippen LogP contribution is 2.10. The van der Waals surface area contributed by atoms with Crippen LogP contribution in [-0.4, -0.2) is 17.4 Å². The number of carbonyl (C=O) groups is 1. The molecule has 0 fully saturated rings. The lowest BCUT2D eigenvalue weighted by Crippen LogP contribution is -2.13. The van der Waals surface area contributed by atoms with E-state index in [9.17, 15) is 4.79 Å². The fourth-order valence-corrected chi connectivity index (χ4v) is 1.83. The van der Waals surface area contributed by atoms with E-state index in [1.807, 2.05) is 37.3 Å². The van der Waals surface area contributed by atoms with E-state index in [1.165, 1.54) is 0 Å². The van der Waals surface area contributed by atoms with E-state index in [0.29, 0.717) is 17.9 Å². The highest BCUT2D eigenvalue weighted by Gasteiger charge is 2.07. The lowest BCUT2D eigenvalue weighted by atomic mass is 10.1. The van der Waals surface area contributed by atoms with Crippen LogP contribution in [0.25, 0.3) is 0 Å². The van der Waals surface area contributed by atoms with Gasteiger partial charge >= 0.3 is 0 Å². The number of aromatic nitrogens is 1. The molecule has 0 atom stereocenters. The molecule has 1 heterocycles. The third kappa shape index (κ3) is 3.63. The van der Waals surface area contributed by atoms with Crippen LogP contribution < -0.4 is 11.1 Å². The van der Waals surface area contributed by atoms with Crippen LogP contribution in [0.3, 0.4) is 0 Å². The zero-order valence-electron chi connectivity index (χ0n) is 10.9. The van der Waals surface area contributed by atoms with Gasteiger partial charge in [0.15, 0.2) is 0 Å². The smallest absolute Gasteiger partial charge is 0.256 e. The molecule has 0 saturated carbocycles. The van der Waals surface area contributed by atoms with Crippen LogP contribution in [0.4, 0.5) is 5.82 Å². The molecule has 0 aliphatic rings. The van der Waals surface area contributed by atoms with E-state index in [2.05, 4.69) is 10.3 Å². The van der Waals surface area contributed by atoms with Crippen molar-refractivity contribution in [2.45, 2.75) is 13.3 Å². The van der Waals surface area contributed by atoms with Crippen LogP contribution >= 0.6 is 0 Å². The largest absolute Gasteiger partial charge is 0.330 e. The van der Waals surface area contributed by atoms with Gasteiger partial charge in [0.25, 0.3) is 5.91 Å². The van der Waals surface area contributed by atoms with Crippen LogP contribution in [0, 0.1) is 6.92 Å². The van der Waals surface area contributed by atoms with Gasteiger partial charge in [-0.2, -0.15) is 0 Å². The van der Waals surface area contributed by atoms with Crippen LogP contribution in [0.2, 0.25) is 0 Å². The Kier molecular flexibility index (Phi) is 4.26. The number of benzene rings is 1. The average Bonchev–Trinajstić information content (AvgIpc) is 2.39. The van der Waals surface area contributed by atoms with E-state index in [-0.39, 0.29) is 5.91 Å². The van der Waals surface area contributed by atoms with Gasteiger partial charge < -0.3 is 11.1 Å². The van der Waals surface area contributed by atoms with E-state index in [4.69, 9.17) is 5.73 Å². The Morgan fingerprint density at radius 2 is 2.16 bits per heavy atom. The summed E-state index contributed by atoms with van der Waals surface area (Å²) in [6.07, 6.45) is 2.44. The van der Waals surface area contributed by atoms with Gasteiger partial charge in [0.05, 0.1) is 0 Å². The van der Waals surface area contributed by atoms with Gasteiger partial charge in [-0.25, -0.2) is 4.98 Å². The number of hydrogen-bond donors (Lipinski definition) is 2. The second kappa shape index (κ2) is 6.11. The topological polar surface area (TPSA) is 68.0 Å². The van der Waals surface area contributed by atoms with Gasteiger partial charge in [0.1, 0.15) is 5.82 Å². The highest BCUT2D eigenvalue weighted by atomic mass is 16.1. The van der Waals surface area contributed by atoms with Gasteiger partial charge in [0.2, 0.25) is 0 Å². The number of rotatable bonds is 4. The first kappa shape index (κ1) is 13.2. The number of pyridine rings is 1. The molecule has 98 valence electrons. The molecule has 1 aromatic carbocycles. The number of nitrogens with two attached hydrogens (primary N) is 1. The minimum absolute atomic E-state index is 0.156. The summed E-state index contributed by atoms with van der Waals surface area (Å²) in [6, 6.07) is 11.2. The Balaban J connectivity index is 2.13. The first-order valence-corrected chi connectivity index (χ1v) is 6.22. The van der Waals surface area contributed by atoms with E-state index in [1.54, 1.807) is 12.3 Å². The molecule has 4 heteroatoms. The van der Waals surface area contributed by atoms with Crippen molar-refractivity contribution in [1.29, 1.82) is 0 Å². The maximum Gasteiger partial charge on any atom is 0.256 e. The normalized spacial score (nSPS) is 10.2. The van der Waals surface area contributed by atoms with Crippen LogP contribution in [0.1, 0.15) is 21.5 Å². The van der Waals surface area contributed by atoms with E-state index in [0.717, 1.165) is 17.5 Å². The zero-order chi connectivity index (χ0) is 13.7. The summed E-state index contributed by atoms with van der Waals surface area (Å²) in [5, 5.41) is 2.79. The lowest BCUT2D eigenvalue weighted by Gasteiger charge is -2.06. The van der Waals surface area contributed by atoms with Crippen molar-refractivity contribution in [2.24, 2.45) is 5.73 Å². The van der Waals surface area contributed by atoms with Crippen molar-refractivity contribution in [3.63, 3.8) is 0 Å². The van der Waals surface area contributed by atoms with E-state index >= 15 is 0 Å². The number of carbonyl (C=O) groups excluding carboxylic acids is 1. The second-order valence-corrected chi connectivity index (χ2v) is 4.41. The summed E-state index contributed by atoms with van der Waals surface area (Å²) < 4.78 is 0. The van der Waals surface area contributed by atoms with Crippen molar-refractivity contribution in [1.82, 2.24) is 4.98 Å². The number of nitrogens with one attached hydrogen (secondary N) is 1. The average molecular weight is 255 g/mol. The third-order valence-electron chi connectivity index (χ3n) is 2.78. The zero-order valence-corrected chi connectivity index (χ0v) is 10.9. The summed E-state index contributed by atoms with van der Waals surface area (Å²) in [5.41, 5.74) is 8.26. The Bertz CT molecular complexity index is 581. The van der Waals surface area contributed by atoms with Crippen LogP contribution in [-0.2, 0) is 6.42 Å². The molecule has 2 aromatic rings. The Hall–Kier alpha value is -2.20. The predicted molar refractivity (Wildman–Crippen MR) is 76.1 cm³/mol. The Morgan fingerprint density at radius 1 is 1.32 bits per heavy atom. The van der Waals surface area contributed by atoms with Gasteiger partial charge in [-0.05, 0) is 55.3 Å². The van der Waals surface area contributed by atoms with Crippen molar-refractivity contribution >= 4 is 11.7 Å². The Morgan fingerprint density at radius 3 is 2.89 bits per heavy atom. The molecule has 0 radical (unpaired) electrons. The summed E-state index contributed by atoms with van der Waals surface area (Å²) in [6.45, 7) is 2.53. The summed E-state index contributed by atoms with van der Waals surface area (Å²) in [7, 11) is 0. The van der Waals surface area contributed by atoms with Gasteiger partial charge in [-0.1, -0.05) is 12.1 Å². The standard InChI is InChI=1S/C15H17N3O/c1-11-6-8-17-14(9-11)18-15(19)13-4-2-3-12(10-13)5-7-16/h2-4,6,8-10H,5,7,16H2,1H3,(H,17,18,19). The van der Waals surface area contributed by atoms with Crippen molar-refractivity contribution in [2.75, 3.05) is 11.9 Å². The molecule has 0 aliphatic carbocycles. The minimum Gasteiger partial charge on any atom is -0.330 e. The first-order valence-electron chi connectivity index (χ1n) is 6.22. The number of nitrogens with zero attached hydrogens (tertiary/aromatic N) is 1. The molecular weight excluding hydrogens is 238 g/mol. The number of aryl methyl sites for hydroxylation is 1. The molecule has 4 nitrogen and oxygen atoms in total. The first-order chi connectivity index (χ1) is 9.19. The highest BCUT2D eigenvalue weighted by molar-refractivity contribution is 6.03. The predicted octanol–water partition coefficient (Wildman–Crippen LogP) is 2.14. The summed E-state index contributed by atoms with van der Waals surface area (Å²) >= 11 is 0. The van der Waals surface area contributed by atoms with Gasteiger partial charge in [-0.3, -0.25) is 4.79 Å². The van der Waals surface area contributed by atoms with Gasteiger partial charge in [-0.15, -0.1) is 0 Å². The molecule has 2 rings (SSSR count). The van der Waals surface area contributed by atoms with Crippen molar-refractivity contribution < 1.29 is 4.79 Å². The Labute approximate surface area is 112 Å².